The summed E-state index contributed by atoms with van der Waals surface area (Å²) in [4.78, 5) is 4.38. The summed E-state index contributed by atoms with van der Waals surface area (Å²) in [5, 5.41) is 0.681. The van der Waals surface area contributed by atoms with Gasteiger partial charge in [-0.15, -0.1) is 0 Å². The summed E-state index contributed by atoms with van der Waals surface area (Å²) in [6.45, 7) is 3.05. The molecule has 78 valence electrons. The van der Waals surface area contributed by atoms with E-state index in [0.29, 0.717) is 5.15 Å². The van der Waals surface area contributed by atoms with Crippen molar-refractivity contribution in [2.75, 3.05) is 0 Å². The standard InChI is InChI=1S/C10H16ClN3/c1-7(12)6-9-13-10(11)8-4-2-3-5-14(8)9/h7H,2-6,12H2,1H3. The Kier molecular flexibility index (Phi) is 2.79. The fourth-order valence-electron chi connectivity index (χ4n) is 2.01. The Morgan fingerprint density at radius 1 is 1.57 bits per heavy atom. The van der Waals surface area contributed by atoms with Crippen molar-refractivity contribution in [3.8, 4) is 0 Å². The van der Waals surface area contributed by atoms with Gasteiger partial charge in [0.05, 0.1) is 5.69 Å². The van der Waals surface area contributed by atoms with Gasteiger partial charge < -0.3 is 10.3 Å². The van der Waals surface area contributed by atoms with E-state index in [2.05, 4.69) is 9.55 Å². The Labute approximate surface area is 89.3 Å². The van der Waals surface area contributed by atoms with Crippen LogP contribution in [0.25, 0.3) is 0 Å². The molecule has 3 nitrogen and oxygen atoms in total. The number of hydrogen-bond donors (Lipinski definition) is 1. The summed E-state index contributed by atoms with van der Waals surface area (Å²) < 4.78 is 2.25. The molecule has 0 aromatic carbocycles. The van der Waals surface area contributed by atoms with Gasteiger partial charge in [0.2, 0.25) is 0 Å². The summed E-state index contributed by atoms with van der Waals surface area (Å²) in [6.07, 6.45) is 4.33. The van der Waals surface area contributed by atoms with E-state index in [1.807, 2.05) is 6.92 Å². The molecule has 0 saturated carbocycles. The van der Waals surface area contributed by atoms with Crippen molar-refractivity contribution in [3.63, 3.8) is 0 Å². The second kappa shape index (κ2) is 3.91. The van der Waals surface area contributed by atoms with Crippen LogP contribution in [0, 0.1) is 0 Å². The first-order chi connectivity index (χ1) is 6.68. The summed E-state index contributed by atoms with van der Waals surface area (Å²) in [5.74, 6) is 1.06. The first kappa shape index (κ1) is 9.99. The van der Waals surface area contributed by atoms with Crippen molar-refractivity contribution < 1.29 is 0 Å². The van der Waals surface area contributed by atoms with E-state index in [1.165, 1.54) is 18.5 Å². The molecule has 1 aromatic rings. The molecule has 0 saturated heterocycles. The summed E-state index contributed by atoms with van der Waals surface area (Å²) >= 11 is 6.07. The second-order valence-electron chi connectivity index (χ2n) is 4.06. The molecule has 0 spiro atoms. The maximum Gasteiger partial charge on any atom is 0.150 e. The van der Waals surface area contributed by atoms with Crippen LogP contribution in [0.4, 0.5) is 0 Å². The molecule has 1 atom stereocenters. The van der Waals surface area contributed by atoms with Crippen LogP contribution in [0.2, 0.25) is 5.15 Å². The maximum absolute atomic E-state index is 6.07. The predicted octanol–water partition coefficient (Wildman–Crippen LogP) is 1.76. The summed E-state index contributed by atoms with van der Waals surface area (Å²) in [6, 6.07) is 0.152. The van der Waals surface area contributed by atoms with Gasteiger partial charge in [-0.05, 0) is 26.2 Å². The van der Waals surface area contributed by atoms with Crippen LogP contribution in [0.15, 0.2) is 0 Å². The monoisotopic (exact) mass is 213 g/mol. The third kappa shape index (κ3) is 1.79. The van der Waals surface area contributed by atoms with Crippen LogP contribution in [0.1, 0.15) is 31.3 Å². The molecule has 1 aliphatic heterocycles. The fourth-order valence-corrected chi connectivity index (χ4v) is 2.31. The molecule has 0 bridgehead atoms. The zero-order valence-corrected chi connectivity index (χ0v) is 9.22. The topological polar surface area (TPSA) is 43.8 Å². The van der Waals surface area contributed by atoms with E-state index in [0.717, 1.165) is 25.2 Å². The highest BCUT2D eigenvalue weighted by Gasteiger charge is 2.18. The average molecular weight is 214 g/mol. The van der Waals surface area contributed by atoms with Gasteiger partial charge >= 0.3 is 0 Å². The van der Waals surface area contributed by atoms with Crippen molar-refractivity contribution in [2.45, 2.75) is 45.2 Å². The minimum absolute atomic E-state index is 0.152. The van der Waals surface area contributed by atoms with Crippen molar-refractivity contribution >= 4 is 11.6 Å². The minimum Gasteiger partial charge on any atom is -0.331 e. The van der Waals surface area contributed by atoms with Crippen molar-refractivity contribution in [3.05, 3.63) is 16.7 Å². The Balaban J connectivity index is 2.31. The maximum atomic E-state index is 6.07. The molecular formula is C10H16ClN3. The van der Waals surface area contributed by atoms with E-state index in [-0.39, 0.29) is 6.04 Å². The average Bonchev–Trinajstić information content (AvgIpc) is 2.44. The minimum atomic E-state index is 0.152. The fraction of sp³-hybridized carbons (Fsp3) is 0.700. The SMILES string of the molecule is CC(N)Cc1nc(Cl)c2n1CCCC2. The van der Waals surface area contributed by atoms with Gasteiger partial charge in [-0.2, -0.15) is 0 Å². The highest BCUT2D eigenvalue weighted by molar-refractivity contribution is 6.30. The third-order valence-electron chi connectivity index (χ3n) is 2.65. The molecular weight excluding hydrogens is 198 g/mol. The van der Waals surface area contributed by atoms with E-state index in [9.17, 15) is 0 Å². The third-order valence-corrected chi connectivity index (χ3v) is 2.96. The van der Waals surface area contributed by atoms with Crippen LogP contribution in [0.3, 0.4) is 0 Å². The molecule has 2 heterocycles. The van der Waals surface area contributed by atoms with Crippen LogP contribution < -0.4 is 5.73 Å². The summed E-state index contributed by atoms with van der Waals surface area (Å²) in [7, 11) is 0. The molecule has 1 unspecified atom stereocenters. The largest absolute Gasteiger partial charge is 0.331 e. The van der Waals surface area contributed by atoms with Gasteiger partial charge in [-0.3, -0.25) is 0 Å². The van der Waals surface area contributed by atoms with Crippen LogP contribution in [0.5, 0.6) is 0 Å². The van der Waals surface area contributed by atoms with Gasteiger partial charge in [0.1, 0.15) is 5.82 Å². The first-order valence-electron chi connectivity index (χ1n) is 5.18. The van der Waals surface area contributed by atoms with Crippen molar-refractivity contribution in [1.29, 1.82) is 0 Å². The van der Waals surface area contributed by atoms with Crippen molar-refractivity contribution in [1.82, 2.24) is 9.55 Å². The molecule has 0 amide bonds. The second-order valence-corrected chi connectivity index (χ2v) is 4.41. The van der Waals surface area contributed by atoms with Crippen LogP contribution >= 0.6 is 11.6 Å². The highest BCUT2D eigenvalue weighted by atomic mass is 35.5. The van der Waals surface area contributed by atoms with Gasteiger partial charge in [0, 0.05) is 19.0 Å². The summed E-state index contributed by atoms with van der Waals surface area (Å²) in [5.41, 5.74) is 6.97. The molecule has 1 aliphatic rings. The first-order valence-corrected chi connectivity index (χ1v) is 5.55. The van der Waals surface area contributed by atoms with Gasteiger partial charge in [0.25, 0.3) is 0 Å². The van der Waals surface area contributed by atoms with Crippen LogP contribution in [-0.4, -0.2) is 15.6 Å². The number of halogens is 1. The van der Waals surface area contributed by atoms with Gasteiger partial charge in [-0.1, -0.05) is 11.6 Å². The lowest BCUT2D eigenvalue weighted by Crippen LogP contribution is -2.22. The normalized spacial score (nSPS) is 17.9. The van der Waals surface area contributed by atoms with Crippen LogP contribution in [-0.2, 0) is 19.4 Å². The predicted molar refractivity (Wildman–Crippen MR) is 57.5 cm³/mol. The number of fused-ring (bicyclic) bond motifs is 1. The molecule has 0 radical (unpaired) electrons. The number of hydrogen-bond acceptors (Lipinski definition) is 2. The quantitative estimate of drug-likeness (QED) is 0.814. The highest BCUT2D eigenvalue weighted by Crippen LogP contribution is 2.24. The number of aromatic nitrogens is 2. The molecule has 0 aliphatic carbocycles. The smallest absolute Gasteiger partial charge is 0.150 e. The Morgan fingerprint density at radius 3 is 3.07 bits per heavy atom. The van der Waals surface area contributed by atoms with E-state index >= 15 is 0 Å². The zero-order valence-electron chi connectivity index (χ0n) is 8.46. The van der Waals surface area contributed by atoms with Crippen molar-refractivity contribution in [2.24, 2.45) is 5.73 Å². The molecule has 2 rings (SSSR count). The lowest BCUT2D eigenvalue weighted by atomic mass is 10.1. The van der Waals surface area contributed by atoms with E-state index < -0.39 is 0 Å². The number of rotatable bonds is 2. The number of imidazole rings is 1. The Morgan fingerprint density at radius 2 is 2.36 bits per heavy atom. The molecule has 14 heavy (non-hydrogen) atoms. The Bertz CT molecular complexity index is 330. The van der Waals surface area contributed by atoms with Gasteiger partial charge in [-0.25, -0.2) is 4.98 Å². The molecule has 0 fully saturated rings. The Hall–Kier alpha value is -0.540. The van der Waals surface area contributed by atoms with Gasteiger partial charge in [0.15, 0.2) is 5.15 Å². The van der Waals surface area contributed by atoms with E-state index in [4.69, 9.17) is 17.3 Å². The molecule has 4 heteroatoms. The molecule has 1 aromatic heterocycles. The lowest BCUT2D eigenvalue weighted by Gasteiger charge is -2.17. The van der Waals surface area contributed by atoms with E-state index in [1.54, 1.807) is 0 Å². The number of nitrogens with two attached hydrogens (primary N) is 1. The molecule has 2 N–H and O–H groups in total. The lowest BCUT2D eigenvalue weighted by molar-refractivity contribution is 0.506. The number of nitrogens with zero attached hydrogens (tertiary/aromatic N) is 2. The zero-order chi connectivity index (χ0) is 10.1.